The molecular weight excluding hydrogens is 624 g/mol. The molecule has 9 rings (SSSR count). The van der Waals surface area contributed by atoms with Crippen molar-refractivity contribution < 1.29 is 23.4 Å². The van der Waals surface area contributed by atoms with Crippen LogP contribution in [-0.2, 0) is 4.74 Å². The Kier molecular flexibility index (Phi) is 7.28. The molecule has 49 heavy (non-hydrogen) atoms. The van der Waals surface area contributed by atoms with Crippen molar-refractivity contribution in [3.8, 4) is 35.2 Å². The SMILES string of the molecule is C#Cc1c(F)ccc2cc(O)cc(-c3c(C)cc4c(N5CC6CCC(C5)N6)nc(OCC5(CN6CCC7(CC6)COC7)CC5)nc4c3F)c12. The number of benzene rings is 3. The minimum atomic E-state index is -0.580. The molecule has 5 heterocycles. The number of nitrogens with one attached hydrogen (secondary N) is 1. The summed E-state index contributed by atoms with van der Waals surface area (Å²) >= 11 is 0. The molecule has 2 atom stereocenters. The van der Waals surface area contributed by atoms with Crippen LogP contribution < -0.4 is 15.0 Å². The van der Waals surface area contributed by atoms with Crippen molar-refractivity contribution in [1.29, 1.82) is 0 Å². The maximum Gasteiger partial charge on any atom is 0.319 e. The van der Waals surface area contributed by atoms with Crippen molar-refractivity contribution in [1.82, 2.24) is 20.2 Å². The second-order valence-corrected chi connectivity index (χ2v) is 15.4. The number of phenolic OH excluding ortho intramolecular Hbond substituents is 1. The third-order valence-corrected chi connectivity index (χ3v) is 11.8. The van der Waals surface area contributed by atoms with Gasteiger partial charge in [-0.15, -0.1) is 6.42 Å². The Labute approximate surface area is 284 Å². The average molecular weight is 666 g/mol. The Balaban J connectivity index is 1.10. The van der Waals surface area contributed by atoms with E-state index in [9.17, 15) is 9.50 Å². The van der Waals surface area contributed by atoms with E-state index >= 15 is 4.39 Å². The zero-order chi connectivity index (χ0) is 33.5. The fourth-order valence-electron chi connectivity index (χ4n) is 8.77. The van der Waals surface area contributed by atoms with Crippen LogP contribution in [0.1, 0.15) is 49.7 Å². The lowest BCUT2D eigenvalue weighted by Gasteiger charge is -2.47. The summed E-state index contributed by atoms with van der Waals surface area (Å²) in [4.78, 5) is 14.5. The molecule has 4 saturated heterocycles. The van der Waals surface area contributed by atoms with Crippen LogP contribution in [0.15, 0.2) is 30.3 Å². The molecule has 3 aromatic carbocycles. The minimum absolute atomic E-state index is 0.0229. The van der Waals surface area contributed by atoms with Gasteiger partial charge in [0.1, 0.15) is 22.9 Å². The predicted octanol–water partition coefficient (Wildman–Crippen LogP) is 5.94. The van der Waals surface area contributed by atoms with Crippen molar-refractivity contribution in [2.75, 3.05) is 57.4 Å². The number of rotatable bonds is 7. The molecule has 254 valence electrons. The van der Waals surface area contributed by atoms with Gasteiger partial charge < -0.3 is 29.7 Å². The Hall–Kier alpha value is -4.04. The number of nitrogens with zero attached hydrogens (tertiary/aromatic N) is 4. The number of anilines is 1. The van der Waals surface area contributed by atoms with Crippen molar-refractivity contribution in [3.05, 3.63) is 53.1 Å². The fraction of sp³-hybridized carbons (Fsp3) is 0.487. The topological polar surface area (TPSA) is 83.0 Å². The zero-order valence-corrected chi connectivity index (χ0v) is 27.8. The quantitative estimate of drug-likeness (QED) is 0.235. The first-order valence-corrected chi connectivity index (χ1v) is 17.6. The van der Waals surface area contributed by atoms with E-state index in [0.29, 0.717) is 57.2 Å². The molecule has 0 radical (unpaired) electrons. The van der Waals surface area contributed by atoms with Gasteiger partial charge in [-0.1, -0.05) is 12.0 Å². The molecule has 10 heteroatoms. The van der Waals surface area contributed by atoms with Gasteiger partial charge in [-0.3, -0.25) is 0 Å². The van der Waals surface area contributed by atoms with E-state index in [4.69, 9.17) is 25.9 Å². The van der Waals surface area contributed by atoms with E-state index in [1.54, 1.807) is 6.07 Å². The minimum Gasteiger partial charge on any atom is -0.508 e. The normalized spacial score (nSPS) is 23.9. The van der Waals surface area contributed by atoms with E-state index in [-0.39, 0.29) is 33.8 Å². The largest absolute Gasteiger partial charge is 0.508 e. The van der Waals surface area contributed by atoms with Gasteiger partial charge in [-0.2, -0.15) is 9.97 Å². The Morgan fingerprint density at radius 3 is 2.49 bits per heavy atom. The lowest BCUT2D eigenvalue weighted by molar-refractivity contribution is -0.140. The number of piperidine rings is 1. The van der Waals surface area contributed by atoms with Crippen molar-refractivity contribution in [3.63, 3.8) is 0 Å². The van der Waals surface area contributed by atoms with Crippen LogP contribution in [0, 0.1) is 41.7 Å². The monoisotopic (exact) mass is 665 g/mol. The van der Waals surface area contributed by atoms with Gasteiger partial charge in [0.2, 0.25) is 0 Å². The van der Waals surface area contributed by atoms with Gasteiger partial charge in [0, 0.05) is 58.9 Å². The highest BCUT2D eigenvalue weighted by Crippen LogP contribution is 2.48. The molecule has 5 aliphatic rings. The number of hydrogen-bond acceptors (Lipinski definition) is 8. The van der Waals surface area contributed by atoms with Gasteiger partial charge in [0.15, 0.2) is 5.82 Å². The van der Waals surface area contributed by atoms with Crippen molar-refractivity contribution in [2.45, 2.75) is 57.5 Å². The molecular formula is C39H41F2N5O3. The molecule has 5 fully saturated rings. The smallest absolute Gasteiger partial charge is 0.319 e. The molecule has 2 unspecified atom stereocenters. The van der Waals surface area contributed by atoms with Gasteiger partial charge in [0.25, 0.3) is 0 Å². The summed E-state index contributed by atoms with van der Waals surface area (Å²) in [5, 5.41) is 15.9. The van der Waals surface area contributed by atoms with Gasteiger partial charge >= 0.3 is 6.01 Å². The fourth-order valence-corrected chi connectivity index (χ4v) is 8.77. The van der Waals surface area contributed by atoms with Gasteiger partial charge in [-0.25, -0.2) is 8.78 Å². The number of halogens is 2. The Morgan fingerprint density at radius 2 is 1.82 bits per heavy atom. The van der Waals surface area contributed by atoms with E-state index in [0.717, 1.165) is 71.6 Å². The number of fused-ring (bicyclic) bond motifs is 4. The highest BCUT2D eigenvalue weighted by atomic mass is 19.1. The van der Waals surface area contributed by atoms with E-state index in [1.165, 1.54) is 31.0 Å². The molecule has 1 saturated carbocycles. The van der Waals surface area contributed by atoms with Gasteiger partial charge in [0.05, 0.1) is 25.4 Å². The lowest BCUT2D eigenvalue weighted by atomic mass is 9.76. The molecule has 4 aromatic rings. The number of aromatic hydroxyl groups is 1. The highest BCUT2D eigenvalue weighted by molar-refractivity contribution is 6.05. The number of terminal acetylenes is 1. The Bertz CT molecular complexity index is 2020. The average Bonchev–Trinajstić information content (AvgIpc) is 3.76. The summed E-state index contributed by atoms with van der Waals surface area (Å²) in [6.45, 7) is 8.73. The molecule has 2 N–H and O–H groups in total. The summed E-state index contributed by atoms with van der Waals surface area (Å²) in [7, 11) is 0. The summed E-state index contributed by atoms with van der Waals surface area (Å²) in [6.07, 6.45) is 12.5. The van der Waals surface area contributed by atoms with Crippen LogP contribution >= 0.6 is 0 Å². The standard InChI is InChI=1S/C39H41F2N5O3/c1-3-28-31(40)7-4-24-15-27(47)16-29(33(24)28)32-23(2)14-30-35(34(32)41)43-37(44-36(30)46-17-25-5-6-26(18-46)42-25)49-22-38(8-9-38)19-45-12-10-39(11-13-45)20-48-21-39/h1,4,7,14-16,25-26,42,47H,5-6,8-13,17-22H2,2H3. The van der Waals surface area contributed by atoms with Crippen molar-refractivity contribution in [2.24, 2.45) is 10.8 Å². The maximum absolute atomic E-state index is 17.2. The lowest BCUT2D eigenvalue weighted by Crippen LogP contribution is -2.52. The summed E-state index contributed by atoms with van der Waals surface area (Å²) in [5.74, 6) is 1.88. The predicted molar refractivity (Wildman–Crippen MR) is 185 cm³/mol. The van der Waals surface area contributed by atoms with Crippen LogP contribution in [0.4, 0.5) is 14.6 Å². The number of aromatic nitrogens is 2. The van der Waals surface area contributed by atoms with Crippen LogP contribution in [0.3, 0.4) is 0 Å². The first-order valence-electron chi connectivity index (χ1n) is 17.6. The number of hydrogen-bond donors (Lipinski definition) is 2. The van der Waals surface area contributed by atoms with Crippen LogP contribution in [0.5, 0.6) is 11.8 Å². The van der Waals surface area contributed by atoms with E-state index < -0.39 is 11.6 Å². The number of ether oxygens (including phenoxy) is 2. The summed E-state index contributed by atoms with van der Waals surface area (Å²) < 4.78 is 44.1. The molecule has 1 aliphatic carbocycles. The van der Waals surface area contributed by atoms with Crippen LogP contribution in [0.25, 0.3) is 32.8 Å². The Morgan fingerprint density at radius 1 is 1.06 bits per heavy atom. The molecule has 4 aliphatic heterocycles. The third-order valence-electron chi connectivity index (χ3n) is 11.8. The first kappa shape index (κ1) is 31.0. The number of aryl methyl sites for hydroxylation is 1. The second kappa shape index (κ2) is 11.5. The molecule has 8 nitrogen and oxygen atoms in total. The van der Waals surface area contributed by atoms with Gasteiger partial charge in [-0.05, 0) is 99.3 Å². The number of likely N-dealkylation sites (tertiary alicyclic amines) is 1. The van der Waals surface area contributed by atoms with Crippen molar-refractivity contribution >= 4 is 27.5 Å². The second-order valence-electron chi connectivity index (χ2n) is 15.4. The molecule has 0 amide bonds. The number of piperazine rings is 1. The van der Waals surface area contributed by atoms with Crippen LogP contribution in [0.2, 0.25) is 0 Å². The van der Waals surface area contributed by atoms with E-state index in [2.05, 4.69) is 21.0 Å². The highest BCUT2D eigenvalue weighted by Gasteiger charge is 2.48. The number of phenols is 1. The third kappa shape index (κ3) is 5.38. The maximum atomic E-state index is 17.2. The molecule has 1 aromatic heterocycles. The van der Waals surface area contributed by atoms with E-state index in [1.807, 2.05) is 13.0 Å². The molecule has 2 bridgehead atoms. The van der Waals surface area contributed by atoms with Crippen LogP contribution in [-0.4, -0.2) is 84.6 Å². The summed E-state index contributed by atoms with van der Waals surface area (Å²) in [6, 6.07) is 8.53. The first-order chi connectivity index (χ1) is 23.7. The summed E-state index contributed by atoms with van der Waals surface area (Å²) in [5.41, 5.74) is 1.73. The zero-order valence-electron chi connectivity index (χ0n) is 27.8. The molecule has 1 spiro atoms.